The zero-order chi connectivity index (χ0) is 15.6. The second kappa shape index (κ2) is 5.61. The summed E-state index contributed by atoms with van der Waals surface area (Å²) in [6.07, 6.45) is 0. The Morgan fingerprint density at radius 3 is 2.29 bits per heavy atom. The Balaban J connectivity index is 2.13. The lowest BCUT2D eigenvalue weighted by atomic mass is 10.3. The van der Waals surface area contributed by atoms with E-state index in [1.54, 1.807) is 6.92 Å². The van der Waals surface area contributed by atoms with Crippen LogP contribution >= 0.6 is 0 Å². The summed E-state index contributed by atoms with van der Waals surface area (Å²) in [5.74, 6) is -2.92. The minimum absolute atomic E-state index is 0.0503. The molecule has 0 saturated carbocycles. The average molecular weight is 295 g/mol. The van der Waals surface area contributed by atoms with Gasteiger partial charge in [0.25, 0.3) is 0 Å². The lowest BCUT2D eigenvalue weighted by molar-refractivity contribution is 0.0692. The van der Waals surface area contributed by atoms with Crippen molar-refractivity contribution in [1.82, 2.24) is 4.98 Å². The number of halogens is 2. The van der Waals surface area contributed by atoms with Gasteiger partial charge in [-0.3, -0.25) is 0 Å². The number of anilines is 2. The van der Waals surface area contributed by atoms with Gasteiger partial charge in [0.15, 0.2) is 0 Å². The Kier molecular flexibility index (Phi) is 3.88. The summed E-state index contributed by atoms with van der Waals surface area (Å²) in [7, 11) is 0. The van der Waals surface area contributed by atoms with Gasteiger partial charge in [0, 0.05) is 17.4 Å². The van der Waals surface area contributed by atoms with E-state index in [-0.39, 0.29) is 17.1 Å². The van der Waals surface area contributed by atoms with Crippen LogP contribution in [0.4, 0.5) is 25.0 Å². The first-order valence-corrected chi connectivity index (χ1v) is 5.82. The van der Waals surface area contributed by atoms with Crippen molar-refractivity contribution < 1.29 is 23.5 Å². The molecule has 2 rings (SSSR count). The SMILES string of the molecule is Cc1cc(NC(=O)Nc2cc(F)cc(F)c2)c(C(=O)O)[nH]1. The maximum absolute atomic E-state index is 13.0. The highest BCUT2D eigenvalue weighted by molar-refractivity contribution is 6.04. The van der Waals surface area contributed by atoms with Crippen LogP contribution in [0, 0.1) is 18.6 Å². The fourth-order valence-electron chi connectivity index (χ4n) is 1.77. The predicted molar refractivity (Wildman–Crippen MR) is 71.5 cm³/mol. The fraction of sp³-hybridized carbons (Fsp3) is 0.0769. The first-order valence-electron chi connectivity index (χ1n) is 5.82. The van der Waals surface area contributed by atoms with E-state index >= 15 is 0 Å². The van der Waals surface area contributed by atoms with Crippen molar-refractivity contribution in [1.29, 1.82) is 0 Å². The number of aromatic nitrogens is 1. The number of hydrogen-bond donors (Lipinski definition) is 4. The van der Waals surface area contributed by atoms with Gasteiger partial charge in [0.2, 0.25) is 0 Å². The summed E-state index contributed by atoms with van der Waals surface area (Å²) in [6.45, 7) is 1.62. The normalized spacial score (nSPS) is 10.2. The number of aromatic amines is 1. The molecule has 0 fully saturated rings. The number of benzene rings is 1. The topological polar surface area (TPSA) is 94.2 Å². The van der Waals surface area contributed by atoms with Crippen molar-refractivity contribution in [2.75, 3.05) is 10.6 Å². The number of carbonyl (C=O) groups excluding carboxylic acids is 1. The highest BCUT2D eigenvalue weighted by Gasteiger charge is 2.15. The lowest BCUT2D eigenvalue weighted by Gasteiger charge is -2.07. The number of aromatic carboxylic acids is 1. The van der Waals surface area contributed by atoms with Crippen molar-refractivity contribution in [3.63, 3.8) is 0 Å². The third-order valence-electron chi connectivity index (χ3n) is 2.53. The molecule has 0 atom stereocenters. The lowest BCUT2D eigenvalue weighted by Crippen LogP contribution is -2.20. The quantitative estimate of drug-likeness (QED) is 0.701. The summed E-state index contributed by atoms with van der Waals surface area (Å²) in [5.41, 5.74) is 0.316. The number of hydrogen-bond acceptors (Lipinski definition) is 2. The molecule has 0 aliphatic heterocycles. The van der Waals surface area contributed by atoms with Crippen LogP contribution in [0.25, 0.3) is 0 Å². The number of amides is 2. The predicted octanol–water partition coefficient (Wildman–Crippen LogP) is 2.94. The highest BCUT2D eigenvalue weighted by atomic mass is 19.1. The third-order valence-corrected chi connectivity index (χ3v) is 2.53. The minimum Gasteiger partial charge on any atom is -0.477 e. The fourth-order valence-corrected chi connectivity index (χ4v) is 1.77. The Bertz CT molecular complexity index is 692. The molecule has 0 spiro atoms. The number of carboxylic acids is 1. The maximum Gasteiger partial charge on any atom is 0.354 e. The van der Waals surface area contributed by atoms with E-state index < -0.39 is 23.6 Å². The summed E-state index contributed by atoms with van der Waals surface area (Å²) in [5, 5.41) is 13.5. The van der Waals surface area contributed by atoms with E-state index in [9.17, 15) is 18.4 Å². The molecule has 2 amide bonds. The molecule has 0 bridgehead atoms. The van der Waals surface area contributed by atoms with Crippen LogP contribution < -0.4 is 10.6 Å². The van der Waals surface area contributed by atoms with Crippen LogP contribution in [0.2, 0.25) is 0 Å². The Morgan fingerprint density at radius 2 is 1.71 bits per heavy atom. The highest BCUT2D eigenvalue weighted by Crippen LogP contribution is 2.18. The van der Waals surface area contributed by atoms with Gasteiger partial charge in [-0.2, -0.15) is 0 Å². The Hall–Kier alpha value is -2.90. The molecule has 0 aliphatic carbocycles. The van der Waals surface area contributed by atoms with Gasteiger partial charge < -0.3 is 20.7 Å². The van der Waals surface area contributed by atoms with Crippen LogP contribution in [0.1, 0.15) is 16.2 Å². The van der Waals surface area contributed by atoms with Crippen LogP contribution in [0.5, 0.6) is 0 Å². The number of carboxylic acid groups (broad SMARTS) is 1. The van der Waals surface area contributed by atoms with E-state index in [2.05, 4.69) is 15.6 Å². The molecule has 21 heavy (non-hydrogen) atoms. The van der Waals surface area contributed by atoms with E-state index in [0.29, 0.717) is 11.8 Å². The minimum atomic E-state index is -1.24. The molecule has 6 nitrogen and oxygen atoms in total. The van der Waals surface area contributed by atoms with Gasteiger partial charge in [-0.25, -0.2) is 18.4 Å². The van der Waals surface area contributed by atoms with E-state index in [1.807, 2.05) is 0 Å². The monoisotopic (exact) mass is 295 g/mol. The van der Waals surface area contributed by atoms with Gasteiger partial charge in [-0.05, 0) is 25.1 Å². The standard InChI is InChI=1S/C13H11F2N3O3/c1-6-2-10(11(16-6)12(19)20)18-13(21)17-9-4-7(14)3-8(15)5-9/h2-5,16H,1H3,(H,19,20)(H2,17,18,21). The summed E-state index contributed by atoms with van der Waals surface area (Å²) in [4.78, 5) is 25.2. The number of H-pyrrole nitrogens is 1. The number of aryl methyl sites for hydroxylation is 1. The van der Waals surface area contributed by atoms with Gasteiger partial charge in [0.1, 0.15) is 17.3 Å². The number of rotatable bonds is 3. The molecular formula is C13H11F2N3O3. The van der Waals surface area contributed by atoms with Crippen molar-refractivity contribution in [2.45, 2.75) is 6.92 Å². The van der Waals surface area contributed by atoms with Gasteiger partial charge >= 0.3 is 12.0 Å². The molecule has 1 aromatic carbocycles. The van der Waals surface area contributed by atoms with Crippen molar-refractivity contribution >= 4 is 23.4 Å². The molecule has 0 unspecified atom stereocenters. The molecule has 1 heterocycles. The molecule has 0 radical (unpaired) electrons. The maximum atomic E-state index is 13.0. The van der Waals surface area contributed by atoms with Crippen LogP contribution in [0.15, 0.2) is 24.3 Å². The van der Waals surface area contributed by atoms with Gasteiger partial charge in [-0.15, -0.1) is 0 Å². The molecule has 110 valence electrons. The Morgan fingerprint density at radius 1 is 1.10 bits per heavy atom. The first-order chi connectivity index (χ1) is 9.85. The first kappa shape index (κ1) is 14.5. The van der Waals surface area contributed by atoms with E-state index in [4.69, 9.17) is 5.11 Å². The Labute approximate surface area is 117 Å². The molecule has 1 aromatic heterocycles. The average Bonchev–Trinajstić information content (AvgIpc) is 2.68. The summed E-state index contributed by atoms with van der Waals surface area (Å²) in [6, 6.07) is 3.14. The number of nitrogens with one attached hydrogen (secondary N) is 3. The second-order valence-electron chi connectivity index (χ2n) is 4.28. The summed E-state index contributed by atoms with van der Waals surface area (Å²) < 4.78 is 26.0. The second-order valence-corrected chi connectivity index (χ2v) is 4.28. The molecular weight excluding hydrogens is 284 g/mol. The van der Waals surface area contributed by atoms with Crippen molar-refractivity contribution in [2.24, 2.45) is 0 Å². The van der Waals surface area contributed by atoms with Gasteiger partial charge in [-0.1, -0.05) is 0 Å². The van der Waals surface area contributed by atoms with E-state index in [0.717, 1.165) is 12.1 Å². The van der Waals surface area contributed by atoms with Gasteiger partial charge in [0.05, 0.1) is 5.69 Å². The van der Waals surface area contributed by atoms with Crippen LogP contribution in [-0.2, 0) is 0 Å². The van der Waals surface area contributed by atoms with Crippen molar-refractivity contribution in [3.05, 3.63) is 47.3 Å². The third kappa shape index (κ3) is 3.56. The van der Waals surface area contributed by atoms with Crippen LogP contribution in [0.3, 0.4) is 0 Å². The van der Waals surface area contributed by atoms with Crippen molar-refractivity contribution in [3.8, 4) is 0 Å². The zero-order valence-corrected chi connectivity index (χ0v) is 10.8. The smallest absolute Gasteiger partial charge is 0.354 e. The largest absolute Gasteiger partial charge is 0.477 e. The zero-order valence-electron chi connectivity index (χ0n) is 10.8. The van der Waals surface area contributed by atoms with E-state index in [1.165, 1.54) is 6.07 Å². The molecule has 0 saturated heterocycles. The molecule has 2 aromatic rings. The molecule has 8 heteroatoms. The summed E-state index contributed by atoms with van der Waals surface area (Å²) >= 11 is 0. The van der Waals surface area contributed by atoms with Crippen LogP contribution in [-0.4, -0.2) is 22.1 Å². The number of urea groups is 1. The number of carbonyl (C=O) groups is 2. The molecule has 4 N–H and O–H groups in total. The molecule has 0 aliphatic rings.